The Balaban J connectivity index is 1.31. The molecule has 1 aromatic heterocycles. The number of nitrogens with one attached hydrogen (secondary N) is 2. The average Bonchev–Trinajstić information content (AvgIpc) is 3.50. The highest BCUT2D eigenvalue weighted by Gasteiger charge is 2.32. The Hall–Kier alpha value is -3.95. The van der Waals surface area contributed by atoms with Gasteiger partial charge in [-0.3, -0.25) is 9.69 Å². The second-order valence-electron chi connectivity index (χ2n) is 8.86. The topological polar surface area (TPSA) is 103 Å². The van der Waals surface area contributed by atoms with Gasteiger partial charge in [-0.1, -0.05) is 6.07 Å². The van der Waals surface area contributed by atoms with E-state index in [9.17, 15) is 9.59 Å². The zero-order valence-corrected chi connectivity index (χ0v) is 19.5. The number of amides is 2. The molecule has 1 unspecified atom stereocenters. The highest BCUT2D eigenvalue weighted by molar-refractivity contribution is 5.90. The summed E-state index contributed by atoms with van der Waals surface area (Å²) < 4.78 is 20.5. The molecule has 9 nitrogen and oxygen atoms in total. The maximum absolute atomic E-state index is 15.2. The number of rotatable bonds is 7. The molecule has 182 valence electrons. The molecule has 0 spiro atoms. The maximum atomic E-state index is 15.2. The monoisotopic (exact) mass is 478 g/mol. The van der Waals surface area contributed by atoms with Crippen molar-refractivity contribution < 1.29 is 18.7 Å². The molecule has 1 fully saturated rings. The Morgan fingerprint density at radius 1 is 1.29 bits per heavy atom. The van der Waals surface area contributed by atoms with Crippen LogP contribution in [0.4, 0.5) is 20.6 Å². The lowest BCUT2D eigenvalue weighted by atomic mass is 9.95. The zero-order valence-electron chi connectivity index (χ0n) is 19.5. The smallest absolute Gasteiger partial charge is 0.414 e. The molecular weight excluding hydrogens is 451 g/mol. The molecule has 2 amide bonds. The third kappa shape index (κ3) is 4.96. The number of fused-ring (bicyclic) bond motifs is 1. The lowest BCUT2D eigenvalue weighted by molar-refractivity contribution is -0.119. The quantitative estimate of drug-likeness (QED) is 0.541. The SMILES string of the molecule is CC(=O)NCC1CN(c2ccc(-c3ccc4c(c3)CCCN4CCc3cn[nH]n3)c(F)c2)C(=O)O1. The lowest BCUT2D eigenvalue weighted by Crippen LogP contribution is -2.33. The Labute approximate surface area is 202 Å². The largest absolute Gasteiger partial charge is 0.442 e. The highest BCUT2D eigenvalue weighted by atomic mass is 19.1. The van der Waals surface area contributed by atoms with Crippen LogP contribution in [0, 0.1) is 5.82 Å². The van der Waals surface area contributed by atoms with Crippen LogP contribution in [0.2, 0.25) is 0 Å². The second kappa shape index (κ2) is 9.73. The van der Waals surface area contributed by atoms with E-state index in [1.165, 1.54) is 29.1 Å². The van der Waals surface area contributed by atoms with Crippen molar-refractivity contribution in [3.05, 3.63) is 59.7 Å². The molecule has 5 rings (SSSR count). The van der Waals surface area contributed by atoms with Crippen LogP contribution in [0.3, 0.4) is 0 Å². The van der Waals surface area contributed by atoms with Gasteiger partial charge in [-0.15, -0.1) is 0 Å². The van der Waals surface area contributed by atoms with E-state index in [4.69, 9.17) is 4.74 Å². The standard InChI is InChI=1S/C25H27FN6O3/c1-16(33)27-14-21-15-32(25(34)35-21)20-5-6-22(23(26)12-20)17-4-7-24-18(11-17)3-2-9-31(24)10-8-19-13-28-30-29-19/h4-7,11-13,21H,2-3,8-10,14-15H2,1H3,(H,27,33)(H,28,29,30). The average molecular weight is 479 g/mol. The second-order valence-corrected chi connectivity index (χ2v) is 8.86. The van der Waals surface area contributed by atoms with Crippen LogP contribution < -0.4 is 15.1 Å². The number of carbonyl (C=O) groups is 2. The van der Waals surface area contributed by atoms with Gasteiger partial charge in [-0.2, -0.15) is 15.4 Å². The summed E-state index contributed by atoms with van der Waals surface area (Å²) in [7, 11) is 0. The van der Waals surface area contributed by atoms with Crippen molar-refractivity contribution in [3.63, 3.8) is 0 Å². The molecule has 35 heavy (non-hydrogen) atoms. The van der Waals surface area contributed by atoms with E-state index in [0.717, 1.165) is 43.6 Å². The van der Waals surface area contributed by atoms with Gasteiger partial charge in [0.05, 0.1) is 30.7 Å². The van der Waals surface area contributed by atoms with Crippen LogP contribution in [-0.2, 0) is 22.4 Å². The third-order valence-electron chi connectivity index (χ3n) is 6.43. The molecule has 0 aliphatic carbocycles. The normalized spacial score (nSPS) is 17.3. The summed E-state index contributed by atoms with van der Waals surface area (Å²) in [5, 5.41) is 13.3. The molecule has 2 N–H and O–H groups in total. The molecule has 1 atom stereocenters. The van der Waals surface area contributed by atoms with Crippen LogP contribution in [0.25, 0.3) is 11.1 Å². The Kier molecular flexibility index (Phi) is 6.35. The van der Waals surface area contributed by atoms with Crippen molar-refractivity contribution >= 4 is 23.4 Å². The number of nitrogens with zero attached hydrogens (tertiary/aromatic N) is 4. The zero-order chi connectivity index (χ0) is 24.4. The van der Waals surface area contributed by atoms with Gasteiger partial charge in [0.25, 0.3) is 0 Å². The van der Waals surface area contributed by atoms with E-state index in [2.05, 4.69) is 37.8 Å². The summed E-state index contributed by atoms with van der Waals surface area (Å²) in [4.78, 5) is 27.1. The van der Waals surface area contributed by atoms with E-state index >= 15 is 4.39 Å². The van der Waals surface area contributed by atoms with Gasteiger partial charge < -0.3 is 15.0 Å². The van der Waals surface area contributed by atoms with E-state index < -0.39 is 18.0 Å². The molecule has 0 saturated carbocycles. The van der Waals surface area contributed by atoms with Crippen molar-refractivity contribution in [1.82, 2.24) is 20.7 Å². The van der Waals surface area contributed by atoms with Crippen LogP contribution >= 0.6 is 0 Å². The van der Waals surface area contributed by atoms with Gasteiger partial charge in [-0.25, -0.2) is 9.18 Å². The van der Waals surface area contributed by atoms with Crippen LogP contribution in [0.1, 0.15) is 24.6 Å². The number of anilines is 2. The molecule has 10 heteroatoms. The summed E-state index contributed by atoms with van der Waals surface area (Å²) in [6.07, 6.45) is 3.50. The predicted molar refractivity (Wildman–Crippen MR) is 129 cm³/mol. The minimum Gasteiger partial charge on any atom is -0.442 e. The number of hydrogen-bond acceptors (Lipinski definition) is 6. The number of halogens is 1. The third-order valence-corrected chi connectivity index (χ3v) is 6.43. The maximum Gasteiger partial charge on any atom is 0.414 e. The number of cyclic esters (lactones) is 1. The molecule has 0 radical (unpaired) electrons. The Morgan fingerprint density at radius 2 is 2.17 bits per heavy atom. The molecule has 3 aromatic rings. The van der Waals surface area contributed by atoms with E-state index in [1.54, 1.807) is 18.3 Å². The molecule has 2 aliphatic heterocycles. The summed E-state index contributed by atoms with van der Waals surface area (Å²) in [6.45, 7) is 3.70. The number of carbonyl (C=O) groups excluding carboxylic acids is 2. The van der Waals surface area contributed by atoms with Crippen molar-refractivity contribution in [2.75, 3.05) is 36.0 Å². The fourth-order valence-corrected chi connectivity index (χ4v) is 4.67. The number of ether oxygens (including phenoxy) is 1. The van der Waals surface area contributed by atoms with Gasteiger partial charge in [-0.05, 0) is 54.3 Å². The Bertz CT molecular complexity index is 1230. The fraction of sp³-hybridized carbons (Fsp3) is 0.360. The highest BCUT2D eigenvalue weighted by Crippen LogP contribution is 2.34. The first kappa shape index (κ1) is 22.8. The summed E-state index contributed by atoms with van der Waals surface area (Å²) in [6, 6.07) is 10.9. The van der Waals surface area contributed by atoms with Crippen LogP contribution in [-0.4, -0.2) is 59.7 Å². The molecule has 3 heterocycles. The van der Waals surface area contributed by atoms with E-state index in [-0.39, 0.29) is 19.0 Å². The lowest BCUT2D eigenvalue weighted by Gasteiger charge is -2.31. The molecule has 1 saturated heterocycles. The first-order valence-corrected chi connectivity index (χ1v) is 11.7. The summed E-state index contributed by atoms with van der Waals surface area (Å²) in [5.41, 5.74) is 5.02. The first-order valence-electron chi connectivity index (χ1n) is 11.7. The Morgan fingerprint density at radius 3 is 2.94 bits per heavy atom. The van der Waals surface area contributed by atoms with Gasteiger partial charge in [0.15, 0.2) is 0 Å². The number of H-pyrrole nitrogens is 1. The number of hydrogen-bond donors (Lipinski definition) is 2. The molecule has 2 aliphatic rings. The molecule has 0 bridgehead atoms. The molecule has 2 aromatic carbocycles. The van der Waals surface area contributed by atoms with Crippen LogP contribution in [0.15, 0.2) is 42.6 Å². The first-order chi connectivity index (χ1) is 17.0. The number of aryl methyl sites for hydroxylation is 1. The van der Waals surface area contributed by atoms with Gasteiger partial charge in [0, 0.05) is 37.7 Å². The molecular formula is C25H27FN6O3. The van der Waals surface area contributed by atoms with Crippen LogP contribution in [0.5, 0.6) is 0 Å². The van der Waals surface area contributed by atoms with Gasteiger partial charge in [0.2, 0.25) is 5.91 Å². The summed E-state index contributed by atoms with van der Waals surface area (Å²) >= 11 is 0. The van der Waals surface area contributed by atoms with Crippen molar-refractivity contribution in [3.8, 4) is 11.1 Å². The van der Waals surface area contributed by atoms with Crippen molar-refractivity contribution in [2.24, 2.45) is 0 Å². The minimum absolute atomic E-state index is 0.196. The number of benzene rings is 2. The van der Waals surface area contributed by atoms with Gasteiger partial charge >= 0.3 is 6.09 Å². The fourth-order valence-electron chi connectivity index (χ4n) is 4.67. The number of aromatic amines is 1. The van der Waals surface area contributed by atoms with Crippen molar-refractivity contribution in [1.29, 1.82) is 0 Å². The number of aromatic nitrogens is 3. The van der Waals surface area contributed by atoms with E-state index in [0.29, 0.717) is 11.3 Å². The van der Waals surface area contributed by atoms with Gasteiger partial charge in [0.1, 0.15) is 11.9 Å². The minimum atomic E-state index is -0.549. The summed E-state index contributed by atoms with van der Waals surface area (Å²) in [5.74, 6) is -0.600. The predicted octanol–water partition coefficient (Wildman–Crippen LogP) is 3.07. The van der Waals surface area contributed by atoms with E-state index in [1.807, 2.05) is 6.07 Å². The van der Waals surface area contributed by atoms with Crippen molar-refractivity contribution in [2.45, 2.75) is 32.3 Å².